The lowest BCUT2D eigenvalue weighted by atomic mass is 10.1. The Labute approximate surface area is 196 Å². The predicted octanol–water partition coefficient (Wildman–Crippen LogP) is 3.91. The van der Waals surface area contributed by atoms with E-state index in [0.717, 1.165) is 16.7 Å². The van der Waals surface area contributed by atoms with Crippen LogP contribution in [0.5, 0.6) is 5.75 Å². The van der Waals surface area contributed by atoms with Crippen molar-refractivity contribution in [2.24, 2.45) is 0 Å². The van der Waals surface area contributed by atoms with Crippen molar-refractivity contribution in [3.8, 4) is 5.75 Å². The van der Waals surface area contributed by atoms with E-state index < -0.39 is 16.1 Å². The van der Waals surface area contributed by atoms with E-state index in [1.54, 1.807) is 19.1 Å². The van der Waals surface area contributed by atoms with Crippen LogP contribution >= 0.6 is 0 Å². The molecule has 33 heavy (non-hydrogen) atoms. The summed E-state index contributed by atoms with van der Waals surface area (Å²) in [6.45, 7) is 6.46. The molecule has 1 atom stereocenters. The summed E-state index contributed by atoms with van der Waals surface area (Å²) in [5.41, 5.74) is 3.64. The molecule has 6 nitrogen and oxygen atoms in total. The number of nitrogens with one attached hydrogen (secondary N) is 2. The number of benzene rings is 3. The van der Waals surface area contributed by atoms with Gasteiger partial charge in [0.05, 0.1) is 11.5 Å². The van der Waals surface area contributed by atoms with Gasteiger partial charge in [-0.15, -0.1) is 0 Å². The number of rotatable bonds is 10. The summed E-state index contributed by atoms with van der Waals surface area (Å²) >= 11 is 0. The third-order valence-electron chi connectivity index (χ3n) is 5.24. The Balaban J connectivity index is 1.80. The smallest absolute Gasteiger partial charge is 0.241 e. The van der Waals surface area contributed by atoms with Crippen LogP contribution in [0.2, 0.25) is 0 Å². The van der Waals surface area contributed by atoms with Gasteiger partial charge in [0.1, 0.15) is 11.8 Å². The molecule has 0 aliphatic heterocycles. The first kappa shape index (κ1) is 24.5. The van der Waals surface area contributed by atoms with Gasteiger partial charge in [-0.1, -0.05) is 60.2 Å². The summed E-state index contributed by atoms with van der Waals surface area (Å²) < 4.78 is 34.4. The minimum atomic E-state index is -3.93. The topological polar surface area (TPSA) is 84.5 Å². The van der Waals surface area contributed by atoms with Crippen molar-refractivity contribution in [1.82, 2.24) is 10.0 Å². The molecular formula is C26H30N2O4S. The second kappa shape index (κ2) is 11.1. The van der Waals surface area contributed by atoms with E-state index in [4.69, 9.17) is 4.74 Å². The van der Waals surface area contributed by atoms with Crippen molar-refractivity contribution in [3.05, 3.63) is 95.1 Å². The lowest BCUT2D eigenvalue weighted by molar-refractivity contribution is -0.122. The highest BCUT2D eigenvalue weighted by atomic mass is 32.2. The van der Waals surface area contributed by atoms with Gasteiger partial charge < -0.3 is 10.1 Å². The molecule has 0 aliphatic rings. The monoisotopic (exact) mass is 466 g/mol. The minimum absolute atomic E-state index is 0.0906. The highest BCUT2D eigenvalue weighted by Gasteiger charge is 2.26. The fourth-order valence-corrected chi connectivity index (χ4v) is 4.70. The average molecular weight is 467 g/mol. The Bertz CT molecular complexity index is 1180. The minimum Gasteiger partial charge on any atom is -0.494 e. The number of carbonyl (C=O) groups is 1. The van der Waals surface area contributed by atoms with E-state index in [1.807, 2.05) is 68.4 Å². The maximum Gasteiger partial charge on any atom is 0.241 e. The molecule has 0 radical (unpaired) electrons. The lowest BCUT2D eigenvalue weighted by Crippen LogP contribution is -2.47. The number of amides is 1. The normalized spacial score (nSPS) is 12.2. The highest BCUT2D eigenvalue weighted by molar-refractivity contribution is 7.89. The van der Waals surface area contributed by atoms with E-state index >= 15 is 0 Å². The average Bonchev–Trinajstić information content (AvgIpc) is 2.80. The van der Waals surface area contributed by atoms with E-state index in [1.165, 1.54) is 6.07 Å². The van der Waals surface area contributed by atoms with Crippen molar-refractivity contribution in [1.29, 1.82) is 0 Å². The number of hydrogen-bond acceptors (Lipinski definition) is 4. The molecule has 3 aromatic rings. The predicted molar refractivity (Wildman–Crippen MR) is 130 cm³/mol. The first-order chi connectivity index (χ1) is 15.8. The first-order valence-corrected chi connectivity index (χ1v) is 12.4. The summed E-state index contributed by atoms with van der Waals surface area (Å²) in [4.78, 5) is 13.1. The van der Waals surface area contributed by atoms with Crippen molar-refractivity contribution >= 4 is 15.9 Å². The maximum absolute atomic E-state index is 13.1. The summed E-state index contributed by atoms with van der Waals surface area (Å²) in [6.07, 6.45) is 0.232. The van der Waals surface area contributed by atoms with Crippen LogP contribution in [0.15, 0.2) is 77.7 Å². The molecule has 2 N–H and O–H groups in total. The summed E-state index contributed by atoms with van der Waals surface area (Å²) in [7, 11) is -3.93. The van der Waals surface area contributed by atoms with Gasteiger partial charge in [0.25, 0.3) is 0 Å². The third kappa shape index (κ3) is 6.91. The molecule has 0 aliphatic carbocycles. The van der Waals surface area contributed by atoms with Gasteiger partial charge in [-0.05, 0) is 62.1 Å². The Morgan fingerprint density at radius 3 is 2.27 bits per heavy atom. The summed E-state index contributed by atoms with van der Waals surface area (Å²) in [5.74, 6) is 0.249. The molecule has 0 spiro atoms. The molecule has 174 valence electrons. The van der Waals surface area contributed by atoms with Crippen molar-refractivity contribution in [2.75, 3.05) is 6.61 Å². The lowest BCUT2D eigenvalue weighted by Gasteiger charge is -2.19. The molecule has 0 saturated heterocycles. The zero-order valence-corrected chi connectivity index (χ0v) is 20.0. The van der Waals surface area contributed by atoms with Gasteiger partial charge in [-0.3, -0.25) is 4.79 Å². The molecule has 1 amide bonds. The van der Waals surface area contributed by atoms with Crippen molar-refractivity contribution in [2.45, 2.75) is 44.7 Å². The van der Waals surface area contributed by atoms with Gasteiger partial charge >= 0.3 is 0 Å². The Kier molecular flexibility index (Phi) is 8.25. The van der Waals surface area contributed by atoms with Gasteiger partial charge in [0.2, 0.25) is 15.9 Å². The van der Waals surface area contributed by atoms with E-state index in [-0.39, 0.29) is 17.2 Å². The summed E-state index contributed by atoms with van der Waals surface area (Å²) in [5, 5.41) is 2.86. The van der Waals surface area contributed by atoms with Crippen molar-refractivity contribution < 1.29 is 17.9 Å². The highest BCUT2D eigenvalue weighted by Crippen LogP contribution is 2.22. The standard InChI is InChI=1S/C26H30N2O4S/c1-4-32-25-15-14-23(16-20(25)3)33(30,31)28-24(17-21-8-6-5-7-9-21)26(29)27-18-22-12-10-19(2)11-13-22/h5-16,24,28H,4,17-18H2,1-3H3,(H,27,29)/t24-/m0/s1. The maximum atomic E-state index is 13.1. The number of hydrogen-bond donors (Lipinski definition) is 2. The third-order valence-corrected chi connectivity index (χ3v) is 6.71. The number of ether oxygens (including phenoxy) is 1. The molecular weight excluding hydrogens is 436 g/mol. The van der Waals surface area contributed by atoms with E-state index in [2.05, 4.69) is 10.0 Å². The van der Waals surface area contributed by atoms with Crippen LogP contribution in [0.1, 0.15) is 29.2 Å². The Morgan fingerprint density at radius 1 is 0.939 bits per heavy atom. The molecule has 3 aromatic carbocycles. The largest absolute Gasteiger partial charge is 0.494 e. The zero-order valence-electron chi connectivity index (χ0n) is 19.2. The van der Waals surface area contributed by atoms with Crippen LogP contribution in [-0.4, -0.2) is 27.0 Å². The van der Waals surface area contributed by atoms with Gasteiger partial charge in [-0.2, -0.15) is 4.72 Å². The first-order valence-electron chi connectivity index (χ1n) is 10.9. The van der Waals surface area contributed by atoms with E-state index in [9.17, 15) is 13.2 Å². The second-order valence-electron chi connectivity index (χ2n) is 7.93. The fraction of sp³-hybridized carbons (Fsp3) is 0.269. The quantitative estimate of drug-likeness (QED) is 0.475. The molecule has 0 saturated carbocycles. The van der Waals surface area contributed by atoms with Crippen LogP contribution in [-0.2, 0) is 27.8 Å². The summed E-state index contributed by atoms with van der Waals surface area (Å²) in [6, 6.07) is 20.9. The Hall–Kier alpha value is -3.16. The van der Waals surface area contributed by atoms with Crippen LogP contribution in [0.4, 0.5) is 0 Å². The van der Waals surface area contributed by atoms with Crippen LogP contribution in [0, 0.1) is 13.8 Å². The Morgan fingerprint density at radius 2 is 1.64 bits per heavy atom. The zero-order chi connectivity index (χ0) is 23.8. The molecule has 0 bridgehead atoms. The van der Waals surface area contributed by atoms with Crippen LogP contribution in [0.25, 0.3) is 0 Å². The van der Waals surface area contributed by atoms with Crippen LogP contribution < -0.4 is 14.8 Å². The fourth-order valence-electron chi connectivity index (χ4n) is 3.42. The van der Waals surface area contributed by atoms with Gasteiger partial charge in [0, 0.05) is 6.54 Å². The number of sulfonamides is 1. The molecule has 3 rings (SSSR count). The molecule has 0 unspecified atom stereocenters. The van der Waals surface area contributed by atoms with Gasteiger partial charge in [-0.25, -0.2) is 8.42 Å². The molecule has 0 aromatic heterocycles. The second-order valence-corrected chi connectivity index (χ2v) is 9.64. The molecule has 0 fully saturated rings. The number of carbonyl (C=O) groups excluding carboxylic acids is 1. The van der Waals surface area contributed by atoms with Gasteiger partial charge in [0.15, 0.2) is 0 Å². The van der Waals surface area contributed by atoms with Crippen molar-refractivity contribution in [3.63, 3.8) is 0 Å². The SMILES string of the molecule is CCOc1ccc(S(=O)(=O)N[C@@H](Cc2ccccc2)C(=O)NCc2ccc(C)cc2)cc1C. The van der Waals surface area contributed by atoms with E-state index in [0.29, 0.717) is 24.5 Å². The van der Waals surface area contributed by atoms with Crippen LogP contribution in [0.3, 0.4) is 0 Å². The molecule has 0 heterocycles. The number of aryl methyl sites for hydroxylation is 2. The molecule has 7 heteroatoms.